The number of esters is 1. The van der Waals surface area contributed by atoms with Crippen LogP contribution in [-0.2, 0) is 15.0 Å². The van der Waals surface area contributed by atoms with Crippen molar-refractivity contribution in [2.24, 2.45) is 0 Å². The minimum atomic E-state index is -0.311. The number of carbonyl (C=O) groups is 2. The fraction of sp³-hybridized carbons (Fsp3) is 0.364. The molecule has 5 heteroatoms. The summed E-state index contributed by atoms with van der Waals surface area (Å²) in [6.07, 6.45) is 0.845. The molecule has 0 spiro atoms. The van der Waals surface area contributed by atoms with E-state index in [2.05, 4.69) is 38.2 Å². The Balaban J connectivity index is 1.71. The van der Waals surface area contributed by atoms with Gasteiger partial charge in [-0.05, 0) is 53.8 Å². The highest BCUT2D eigenvalue weighted by Gasteiger charge is 2.13. The van der Waals surface area contributed by atoms with Crippen molar-refractivity contribution in [3.8, 4) is 11.5 Å². The van der Waals surface area contributed by atoms with Crippen molar-refractivity contribution in [1.82, 2.24) is 0 Å². The fourth-order valence-electron chi connectivity index (χ4n) is 2.45. The lowest BCUT2D eigenvalue weighted by Crippen LogP contribution is -2.11. The van der Waals surface area contributed by atoms with Gasteiger partial charge in [0.25, 0.3) is 0 Å². The number of nitrogens with one attached hydrogen (secondary N) is 1. The molecule has 0 atom stereocenters. The Kier molecular flexibility index (Phi) is 6.99. The average Bonchev–Trinajstić information content (AvgIpc) is 2.60. The van der Waals surface area contributed by atoms with Gasteiger partial charge in [-0.2, -0.15) is 0 Å². The molecule has 0 aliphatic rings. The van der Waals surface area contributed by atoms with Crippen LogP contribution in [-0.4, -0.2) is 18.5 Å². The van der Waals surface area contributed by atoms with Crippen LogP contribution in [0.15, 0.2) is 48.5 Å². The van der Waals surface area contributed by atoms with Crippen LogP contribution in [0.3, 0.4) is 0 Å². The first-order valence-corrected chi connectivity index (χ1v) is 9.06. The zero-order chi connectivity index (χ0) is 19.9. The van der Waals surface area contributed by atoms with E-state index in [1.54, 1.807) is 24.3 Å². The van der Waals surface area contributed by atoms with E-state index >= 15 is 0 Å². The minimum absolute atomic E-state index is 0.114. The Morgan fingerprint density at radius 2 is 1.52 bits per heavy atom. The van der Waals surface area contributed by atoms with Crippen LogP contribution < -0.4 is 14.8 Å². The standard InChI is InChI=1S/C22H27NO4/c1-16(24)23-18-9-13-20(14-10-18)27-21(25)6-5-15-26-19-11-7-17(8-12-19)22(2,3)4/h7-14H,5-6,15H2,1-4H3,(H,23,24). The number of ether oxygens (including phenoxy) is 2. The highest BCUT2D eigenvalue weighted by atomic mass is 16.5. The number of carbonyl (C=O) groups excluding carboxylic acids is 2. The van der Waals surface area contributed by atoms with E-state index in [0.29, 0.717) is 24.5 Å². The van der Waals surface area contributed by atoms with Gasteiger partial charge in [-0.15, -0.1) is 0 Å². The predicted molar refractivity (Wildman–Crippen MR) is 106 cm³/mol. The van der Waals surface area contributed by atoms with Crippen LogP contribution >= 0.6 is 0 Å². The Labute approximate surface area is 160 Å². The second-order valence-electron chi connectivity index (χ2n) is 7.41. The maximum atomic E-state index is 11.9. The lowest BCUT2D eigenvalue weighted by Gasteiger charge is -2.19. The van der Waals surface area contributed by atoms with Crippen LogP contribution in [0, 0.1) is 0 Å². The molecule has 0 bridgehead atoms. The Hall–Kier alpha value is -2.82. The van der Waals surface area contributed by atoms with E-state index in [9.17, 15) is 9.59 Å². The molecule has 2 aromatic carbocycles. The second kappa shape index (κ2) is 9.21. The normalized spacial score (nSPS) is 11.0. The number of anilines is 1. The van der Waals surface area contributed by atoms with Crippen LogP contribution in [0.4, 0.5) is 5.69 Å². The van der Waals surface area contributed by atoms with Crippen molar-refractivity contribution in [2.75, 3.05) is 11.9 Å². The molecule has 0 saturated carbocycles. The van der Waals surface area contributed by atoms with Gasteiger partial charge in [-0.25, -0.2) is 0 Å². The third kappa shape index (κ3) is 7.13. The highest BCUT2D eigenvalue weighted by Crippen LogP contribution is 2.24. The first-order valence-electron chi connectivity index (χ1n) is 9.06. The molecule has 0 aliphatic carbocycles. The van der Waals surface area contributed by atoms with Crippen molar-refractivity contribution in [3.05, 3.63) is 54.1 Å². The molecule has 144 valence electrons. The van der Waals surface area contributed by atoms with Gasteiger partial charge in [0.15, 0.2) is 0 Å². The maximum Gasteiger partial charge on any atom is 0.311 e. The number of amides is 1. The predicted octanol–water partition coefficient (Wildman–Crippen LogP) is 4.71. The van der Waals surface area contributed by atoms with E-state index in [-0.39, 0.29) is 23.7 Å². The summed E-state index contributed by atoms with van der Waals surface area (Å²) in [6, 6.07) is 14.7. The summed E-state index contributed by atoms with van der Waals surface area (Å²) in [5.74, 6) is 0.791. The molecule has 0 aliphatic heterocycles. The van der Waals surface area contributed by atoms with E-state index in [1.807, 2.05) is 12.1 Å². The van der Waals surface area contributed by atoms with Gasteiger partial charge < -0.3 is 14.8 Å². The van der Waals surface area contributed by atoms with Gasteiger partial charge in [0, 0.05) is 19.0 Å². The summed E-state index contributed by atoms with van der Waals surface area (Å²) in [7, 11) is 0. The molecule has 0 saturated heterocycles. The lowest BCUT2D eigenvalue weighted by atomic mass is 9.87. The van der Waals surface area contributed by atoms with Gasteiger partial charge in [0.05, 0.1) is 6.61 Å². The minimum Gasteiger partial charge on any atom is -0.494 e. The van der Waals surface area contributed by atoms with E-state index in [1.165, 1.54) is 12.5 Å². The number of rotatable bonds is 7. The van der Waals surface area contributed by atoms with Crippen LogP contribution in [0.2, 0.25) is 0 Å². The first-order chi connectivity index (χ1) is 12.7. The summed E-state index contributed by atoms with van der Waals surface area (Å²) in [4.78, 5) is 22.9. The monoisotopic (exact) mass is 369 g/mol. The largest absolute Gasteiger partial charge is 0.494 e. The van der Waals surface area contributed by atoms with Crippen molar-refractivity contribution in [2.45, 2.75) is 46.0 Å². The quantitative estimate of drug-likeness (QED) is 0.436. The van der Waals surface area contributed by atoms with Gasteiger partial charge in [-0.3, -0.25) is 9.59 Å². The number of hydrogen-bond acceptors (Lipinski definition) is 4. The molecule has 0 unspecified atom stereocenters. The Morgan fingerprint density at radius 1 is 0.926 bits per heavy atom. The molecule has 0 aromatic heterocycles. The molecule has 1 amide bonds. The topological polar surface area (TPSA) is 64.6 Å². The van der Waals surface area contributed by atoms with Gasteiger partial charge in [-0.1, -0.05) is 32.9 Å². The summed E-state index contributed by atoms with van der Waals surface area (Å²) in [5.41, 5.74) is 2.03. The van der Waals surface area contributed by atoms with E-state index < -0.39 is 0 Å². The first kappa shape index (κ1) is 20.5. The summed E-state index contributed by atoms with van der Waals surface area (Å²) in [6.45, 7) is 8.39. The average molecular weight is 369 g/mol. The zero-order valence-corrected chi connectivity index (χ0v) is 16.4. The third-order valence-electron chi connectivity index (χ3n) is 3.92. The molecule has 2 rings (SSSR count). The van der Waals surface area contributed by atoms with Crippen molar-refractivity contribution in [1.29, 1.82) is 0 Å². The Bertz CT molecular complexity index is 758. The smallest absolute Gasteiger partial charge is 0.311 e. The molecular weight excluding hydrogens is 342 g/mol. The second-order valence-corrected chi connectivity index (χ2v) is 7.41. The third-order valence-corrected chi connectivity index (χ3v) is 3.92. The highest BCUT2D eigenvalue weighted by molar-refractivity contribution is 5.88. The summed E-state index contributed by atoms with van der Waals surface area (Å²) in [5, 5.41) is 2.66. The van der Waals surface area contributed by atoms with E-state index in [0.717, 1.165) is 5.75 Å². The summed E-state index contributed by atoms with van der Waals surface area (Å²) >= 11 is 0. The Morgan fingerprint density at radius 3 is 2.07 bits per heavy atom. The lowest BCUT2D eigenvalue weighted by molar-refractivity contribution is -0.134. The maximum absolute atomic E-state index is 11.9. The molecule has 27 heavy (non-hydrogen) atoms. The zero-order valence-electron chi connectivity index (χ0n) is 16.4. The van der Waals surface area contributed by atoms with Crippen LogP contribution in [0.5, 0.6) is 11.5 Å². The molecule has 0 fully saturated rings. The molecular formula is C22H27NO4. The molecule has 2 aromatic rings. The number of benzene rings is 2. The SMILES string of the molecule is CC(=O)Nc1ccc(OC(=O)CCCOc2ccc(C(C)(C)C)cc2)cc1. The molecule has 0 radical (unpaired) electrons. The van der Waals surface area contributed by atoms with Crippen LogP contribution in [0.25, 0.3) is 0 Å². The van der Waals surface area contributed by atoms with E-state index in [4.69, 9.17) is 9.47 Å². The van der Waals surface area contributed by atoms with Crippen molar-refractivity contribution >= 4 is 17.6 Å². The summed E-state index contributed by atoms with van der Waals surface area (Å²) < 4.78 is 11.0. The molecule has 0 heterocycles. The van der Waals surface area contributed by atoms with Crippen LogP contribution in [0.1, 0.15) is 46.1 Å². The molecule has 5 nitrogen and oxygen atoms in total. The van der Waals surface area contributed by atoms with Gasteiger partial charge in [0.2, 0.25) is 5.91 Å². The molecule has 1 N–H and O–H groups in total. The fourth-order valence-corrected chi connectivity index (χ4v) is 2.45. The van der Waals surface area contributed by atoms with Crippen molar-refractivity contribution in [3.63, 3.8) is 0 Å². The van der Waals surface area contributed by atoms with Gasteiger partial charge in [0.1, 0.15) is 11.5 Å². The van der Waals surface area contributed by atoms with Crippen molar-refractivity contribution < 1.29 is 19.1 Å². The van der Waals surface area contributed by atoms with Gasteiger partial charge >= 0.3 is 5.97 Å². The number of hydrogen-bond donors (Lipinski definition) is 1.